The molecule has 0 amide bonds. The van der Waals surface area contributed by atoms with Crippen LogP contribution >= 0.6 is 0 Å². The summed E-state index contributed by atoms with van der Waals surface area (Å²) in [5, 5.41) is 15.5. The summed E-state index contributed by atoms with van der Waals surface area (Å²) in [6, 6.07) is 0.305. The van der Waals surface area contributed by atoms with E-state index in [4.69, 9.17) is 0 Å². The Bertz CT molecular complexity index is 456. The minimum absolute atomic E-state index is 0.305. The van der Waals surface area contributed by atoms with Gasteiger partial charge in [-0.1, -0.05) is 6.42 Å². The highest BCUT2D eigenvalue weighted by Gasteiger charge is 2.44. The van der Waals surface area contributed by atoms with Gasteiger partial charge in [0.05, 0.1) is 12.1 Å². The largest absolute Gasteiger partial charge is 0.386 e. The Balaban J connectivity index is 1.82. The first-order chi connectivity index (χ1) is 9.08. The molecule has 0 spiro atoms. The van der Waals surface area contributed by atoms with Crippen LogP contribution in [0.1, 0.15) is 43.8 Å². The fourth-order valence-electron chi connectivity index (χ4n) is 3.78. The van der Waals surface area contributed by atoms with Crippen molar-refractivity contribution in [2.24, 2.45) is 0 Å². The summed E-state index contributed by atoms with van der Waals surface area (Å²) in [6.45, 7) is 6.73. The van der Waals surface area contributed by atoms with Crippen molar-refractivity contribution >= 4 is 0 Å². The van der Waals surface area contributed by atoms with E-state index in [0.717, 1.165) is 44.0 Å². The average molecular weight is 264 g/mol. The molecule has 5 nitrogen and oxygen atoms in total. The molecule has 2 saturated heterocycles. The van der Waals surface area contributed by atoms with Crippen LogP contribution in [-0.4, -0.2) is 49.5 Å². The van der Waals surface area contributed by atoms with E-state index in [9.17, 15) is 5.11 Å². The number of aromatic nitrogens is 3. The van der Waals surface area contributed by atoms with Crippen molar-refractivity contribution in [1.29, 1.82) is 0 Å². The van der Waals surface area contributed by atoms with Crippen molar-refractivity contribution in [3.8, 4) is 0 Å². The molecule has 3 heterocycles. The standard InChI is InChI=1S/C14H24N4O/c1-11-15-12(2)18(16-11)10-14(19)7-5-9-17-8-4-3-6-13(14)17/h13,19H,3-10H2,1-2H3/t13-,14-/m1/s1. The van der Waals surface area contributed by atoms with E-state index in [2.05, 4.69) is 15.0 Å². The summed E-state index contributed by atoms with van der Waals surface area (Å²) in [5.74, 6) is 1.69. The van der Waals surface area contributed by atoms with E-state index >= 15 is 0 Å². The Hall–Kier alpha value is -0.940. The molecule has 2 aliphatic rings. The van der Waals surface area contributed by atoms with Gasteiger partial charge in [-0.3, -0.25) is 4.90 Å². The topological polar surface area (TPSA) is 54.2 Å². The van der Waals surface area contributed by atoms with Gasteiger partial charge in [-0.25, -0.2) is 9.67 Å². The maximum atomic E-state index is 11.1. The zero-order chi connectivity index (χ0) is 13.5. The van der Waals surface area contributed by atoms with Gasteiger partial charge in [0.25, 0.3) is 0 Å². The molecule has 1 N–H and O–H groups in total. The molecule has 2 aliphatic heterocycles. The van der Waals surface area contributed by atoms with Gasteiger partial charge in [0.1, 0.15) is 11.6 Å². The third kappa shape index (κ3) is 2.41. The first kappa shape index (κ1) is 13.1. The van der Waals surface area contributed by atoms with E-state index < -0.39 is 5.60 Å². The van der Waals surface area contributed by atoms with Crippen LogP contribution < -0.4 is 0 Å². The van der Waals surface area contributed by atoms with Crippen LogP contribution in [0, 0.1) is 13.8 Å². The van der Waals surface area contributed by atoms with E-state index in [1.54, 1.807) is 0 Å². The number of aryl methyl sites for hydroxylation is 2. The SMILES string of the molecule is Cc1nc(C)n(C[C@]2(O)CCCN3CCCC[C@@H]32)n1. The second kappa shape index (κ2) is 4.87. The van der Waals surface area contributed by atoms with Crippen LogP contribution in [0.2, 0.25) is 0 Å². The second-order valence-corrected chi connectivity index (χ2v) is 6.12. The van der Waals surface area contributed by atoms with Crippen molar-refractivity contribution in [2.45, 2.75) is 64.1 Å². The van der Waals surface area contributed by atoms with Crippen LogP contribution in [0.3, 0.4) is 0 Å². The van der Waals surface area contributed by atoms with Gasteiger partial charge in [-0.15, -0.1) is 0 Å². The molecule has 19 heavy (non-hydrogen) atoms. The molecule has 1 aromatic heterocycles. The highest BCUT2D eigenvalue weighted by molar-refractivity contribution is 5.00. The van der Waals surface area contributed by atoms with Crippen LogP contribution in [0.5, 0.6) is 0 Å². The van der Waals surface area contributed by atoms with Gasteiger partial charge in [-0.05, 0) is 52.6 Å². The lowest BCUT2D eigenvalue weighted by Gasteiger charge is -2.49. The molecule has 3 rings (SSSR count). The van der Waals surface area contributed by atoms with Crippen LogP contribution in [-0.2, 0) is 6.54 Å². The highest BCUT2D eigenvalue weighted by atomic mass is 16.3. The molecule has 2 atom stereocenters. The molecule has 106 valence electrons. The maximum absolute atomic E-state index is 11.1. The van der Waals surface area contributed by atoms with Crippen LogP contribution in [0.15, 0.2) is 0 Å². The van der Waals surface area contributed by atoms with Crippen molar-refractivity contribution in [2.75, 3.05) is 13.1 Å². The average Bonchev–Trinajstić information content (AvgIpc) is 2.68. The molecule has 5 heteroatoms. The highest BCUT2D eigenvalue weighted by Crippen LogP contribution is 2.35. The van der Waals surface area contributed by atoms with Gasteiger partial charge in [0.2, 0.25) is 0 Å². The summed E-state index contributed by atoms with van der Waals surface area (Å²) in [6.07, 6.45) is 5.59. The number of hydrogen-bond acceptors (Lipinski definition) is 4. The smallest absolute Gasteiger partial charge is 0.147 e. The van der Waals surface area contributed by atoms with Crippen molar-refractivity contribution in [3.63, 3.8) is 0 Å². The summed E-state index contributed by atoms with van der Waals surface area (Å²) >= 11 is 0. The van der Waals surface area contributed by atoms with E-state index in [1.165, 1.54) is 12.8 Å². The van der Waals surface area contributed by atoms with Crippen molar-refractivity contribution in [1.82, 2.24) is 19.7 Å². The maximum Gasteiger partial charge on any atom is 0.147 e. The number of piperidine rings is 2. The van der Waals surface area contributed by atoms with Gasteiger partial charge in [-0.2, -0.15) is 5.10 Å². The number of rotatable bonds is 2. The van der Waals surface area contributed by atoms with Gasteiger partial charge in [0, 0.05) is 6.04 Å². The van der Waals surface area contributed by atoms with Crippen LogP contribution in [0.25, 0.3) is 0 Å². The minimum Gasteiger partial charge on any atom is -0.386 e. The van der Waals surface area contributed by atoms with Gasteiger partial charge < -0.3 is 5.11 Å². The van der Waals surface area contributed by atoms with Gasteiger partial charge >= 0.3 is 0 Å². The van der Waals surface area contributed by atoms with Crippen molar-refractivity contribution < 1.29 is 5.11 Å². The molecule has 0 bridgehead atoms. The monoisotopic (exact) mass is 264 g/mol. The van der Waals surface area contributed by atoms with Crippen LogP contribution in [0.4, 0.5) is 0 Å². The number of fused-ring (bicyclic) bond motifs is 1. The normalized spacial score (nSPS) is 32.3. The Morgan fingerprint density at radius 1 is 1.26 bits per heavy atom. The molecule has 0 aromatic carbocycles. The Kier molecular flexibility index (Phi) is 3.35. The third-order valence-electron chi connectivity index (χ3n) is 4.68. The lowest BCUT2D eigenvalue weighted by molar-refractivity contribution is -0.105. The van der Waals surface area contributed by atoms with Crippen molar-refractivity contribution in [3.05, 3.63) is 11.6 Å². The second-order valence-electron chi connectivity index (χ2n) is 6.12. The zero-order valence-electron chi connectivity index (χ0n) is 12.0. The Morgan fingerprint density at radius 2 is 2.05 bits per heavy atom. The molecular formula is C14H24N4O. The predicted molar refractivity (Wildman–Crippen MR) is 72.9 cm³/mol. The molecule has 1 aromatic rings. The number of hydrogen-bond donors (Lipinski definition) is 1. The predicted octanol–water partition coefficient (Wildman–Crippen LogP) is 1.27. The molecule has 0 aliphatic carbocycles. The minimum atomic E-state index is -0.635. The molecule has 0 radical (unpaired) electrons. The first-order valence-corrected chi connectivity index (χ1v) is 7.43. The fourth-order valence-corrected chi connectivity index (χ4v) is 3.78. The quantitative estimate of drug-likeness (QED) is 0.874. The third-order valence-corrected chi connectivity index (χ3v) is 4.68. The number of aliphatic hydroxyl groups is 1. The molecule has 0 unspecified atom stereocenters. The van der Waals surface area contributed by atoms with Gasteiger partial charge in [0.15, 0.2) is 0 Å². The van der Waals surface area contributed by atoms with E-state index in [1.807, 2.05) is 18.5 Å². The number of nitrogens with zero attached hydrogens (tertiary/aromatic N) is 4. The molecule has 2 fully saturated rings. The molecular weight excluding hydrogens is 240 g/mol. The lowest BCUT2D eigenvalue weighted by Crippen LogP contribution is -2.60. The molecule has 0 saturated carbocycles. The lowest BCUT2D eigenvalue weighted by atomic mass is 9.79. The summed E-state index contributed by atoms with van der Waals surface area (Å²) in [5.41, 5.74) is -0.635. The first-order valence-electron chi connectivity index (χ1n) is 7.43. The Labute approximate surface area is 114 Å². The zero-order valence-corrected chi connectivity index (χ0v) is 12.0. The summed E-state index contributed by atoms with van der Waals surface area (Å²) in [4.78, 5) is 6.82. The van der Waals surface area contributed by atoms with E-state index in [-0.39, 0.29) is 0 Å². The summed E-state index contributed by atoms with van der Waals surface area (Å²) in [7, 11) is 0. The Morgan fingerprint density at radius 3 is 2.79 bits per heavy atom. The fraction of sp³-hybridized carbons (Fsp3) is 0.857. The van der Waals surface area contributed by atoms with E-state index in [0.29, 0.717) is 12.6 Å². The summed E-state index contributed by atoms with van der Waals surface area (Å²) < 4.78 is 1.88.